The van der Waals surface area contributed by atoms with Gasteiger partial charge in [0.25, 0.3) is 0 Å². The van der Waals surface area contributed by atoms with Gasteiger partial charge in [0.2, 0.25) is 0 Å². The van der Waals surface area contributed by atoms with E-state index in [1.807, 2.05) is 0 Å². The summed E-state index contributed by atoms with van der Waals surface area (Å²) in [4.78, 5) is 0. The van der Waals surface area contributed by atoms with Gasteiger partial charge in [-0.05, 0) is 23.2 Å². The summed E-state index contributed by atoms with van der Waals surface area (Å²) in [7, 11) is 0. The SMILES string of the molecule is CC(CI)CCCI. The van der Waals surface area contributed by atoms with E-state index in [4.69, 9.17) is 0 Å². The van der Waals surface area contributed by atoms with Crippen LogP contribution in [0.5, 0.6) is 0 Å². The van der Waals surface area contributed by atoms with Crippen molar-refractivity contribution in [2.45, 2.75) is 19.8 Å². The molecule has 8 heavy (non-hydrogen) atoms. The van der Waals surface area contributed by atoms with Crippen LogP contribution in [0.3, 0.4) is 0 Å². The van der Waals surface area contributed by atoms with Gasteiger partial charge in [0, 0.05) is 4.43 Å². The van der Waals surface area contributed by atoms with Crippen molar-refractivity contribution in [2.75, 3.05) is 8.86 Å². The summed E-state index contributed by atoms with van der Waals surface area (Å²) in [6, 6.07) is 0. The second kappa shape index (κ2) is 6.58. The van der Waals surface area contributed by atoms with Crippen molar-refractivity contribution in [3.8, 4) is 0 Å². The molecule has 0 bridgehead atoms. The van der Waals surface area contributed by atoms with Crippen LogP contribution in [0.1, 0.15) is 19.8 Å². The summed E-state index contributed by atoms with van der Waals surface area (Å²) in [5.74, 6) is 0.936. The van der Waals surface area contributed by atoms with Crippen molar-refractivity contribution in [1.82, 2.24) is 0 Å². The minimum absolute atomic E-state index is 0.936. The first-order chi connectivity index (χ1) is 3.81. The van der Waals surface area contributed by atoms with Crippen LogP contribution in [-0.4, -0.2) is 8.86 Å². The second-order valence-electron chi connectivity index (χ2n) is 2.09. The molecule has 50 valence electrons. The Morgan fingerprint density at radius 3 is 2.38 bits per heavy atom. The van der Waals surface area contributed by atoms with Gasteiger partial charge in [-0.3, -0.25) is 0 Å². The molecule has 0 radical (unpaired) electrons. The number of hydrogen-bond acceptors (Lipinski definition) is 0. The number of hydrogen-bond donors (Lipinski definition) is 0. The monoisotopic (exact) mass is 338 g/mol. The maximum atomic E-state index is 2.45. The van der Waals surface area contributed by atoms with Gasteiger partial charge in [0.15, 0.2) is 0 Å². The Kier molecular flexibility index (Phi) is 7.78. The van der Waals surface area contributed by atoms with Crippen LogP contribution >= 0.6 is 45.2 Å². The minimum atomic E-state index is 0.936. The molecule has 0 rings (SSSR count). The van der Waals surface area contributed by atoms with Crippen molar-refractivity contribution in [1.29, 1.82) is 0 Å². The molecular formula is C6H12I2. The summed E-state index contributed by atoms with van der Waals surface area (Å²) in [6.45, 7) is 2.32. The second-order valence-corrected chi connectivity index (χ2v) is 4.05. The molecule has 0 saturated carbocycles. The largest absolute Gasteiger partial charge is 0.0864 e. The normalized spacial score (nSPS) is 13.9. The molecule has 0 spiro atoms. The Balaban J connectivity index is 2.86. The first kappa shape index (κ1) is 9.46. The van der Waals surface area contributed by atoms with Crippen LogP contribution in [0.25, 0.3) is 0 Å². The highest BCUT2D eigenvalue weighted by Gasteiger charge is 1.96. The minimum Gasteiger partial charge on any atom is -0.0864 e. The van der Waals surface area contributed by atoms with E-state index in [0.29, 0.717) is 0 Å². The Morgan fingerprint density at radius 1 is 1.38 bits per heavy atom. The third kappa shape index (κ3) is 5.59. The molecule has 0 nitrogen and oxygen atoms in total. The molecule has 0 aliphatic carbocycles. The van der Waals surface area contributed by atoms with Gasteiger partial charge in [-0.15, -0.1) is 0 Å². The van der Waals surface area contributed by atoms with Gasteiger partial charge >= 0.3 is 0 Å². The predicted octanol–water partition coefficient (Wildman–Crippen LogP) is 3.27. The van der Waals surface area contributed by atoms with E-state index >= 15 is 0 Å². The van der Waals surface area contributed by atoms with Gasteiger partial charge in [0.1, 0.15) is 0 Å². The summed E-state index contributed by atoms with van der Waals surface area (Å²) in [6.07, 6.45) is 2.80. The van der Waals surface area contributed by atoms with Crippen LogP contribution in [0.2, 0.25) is 0 Å². The highest BCUT2D eigenvalue weighted by atomic mass is 127. The lowest BCUT2D eigenvalue weighted by Gasteiger charge is -2.02. The summed E-state index contributed by atoms with van der Waals surface area (Å²) in [5.41, 5.74) is 0. The molecule has 1 atom stereocenters. The molecule has 0 aliphatic rings. The summed E-state index contributed by atoms with van der Waals surface area (Å²) >= 11 is 4.89. The molecule has 0 fully saturated rings. The fourth-order valence-electron chi connectivity index (χ4n) is 0.503. The standard InChI is InChI=1S/C6H12I2/c1-6(5-8)3-2-4-7/h6H,2-5H2,1H3. The quantitative estimate of drug-likeness (QED) is 0.545. The van der Waals surface area contributed by atoms with Crippen LogP contribution in [0, 0.1) is 5.92 Å². The van der Waals surface area contributed by atoms with Gasteiger partial charge in [0.05, 0.1) is 0 Å². The third-order valence-electron chi connectivity index (χ3n) is 1.09. The molecule has 0 saturated heterocycles. The van der Waals surface area contributed by atoms with Gasteiger partial charge in [-0.25, -0.2) is 0 Å². The average molecular weight is 338 g/mol. The van der Waals surface area contributed by atoms with E-state index in [1.165, 1.54) is 21.7 Å². The molecular weight excluding hydrogens is 326 g/mol. The van der Waals surface area contributed by atoms with Crippen molar-refractivity contribution < 1.29 is 0 Å². The lowest BCUT2D eigenvalue weighted by atomic mass is 10.1. The van der Waals surface area contributed by atoms with E-state index in [2.05, 4.69) is 52.1 Å². The fraction of sp³-hybridized carbons (Fsp3) is 1.00. The van der Waals surface area contributed by atoms with Crippen molar-refractivity contribution in [3.05, 3.63) is 0 Å². The predicted molar refractivity (Wildman–Crippen MR) is 56.2 cm³/mol. The molecule has 0 heterocycles. The number of halogens is 2. The number of rotatable bonds is 4. The zero-order valence-electron chi connectivity index (χ0n) is 5.16. The fourth-order valence-corrected chi connectivity index (χ4v) is 1.38. The van der Waals surface area contributed by atoms with E-state index in [9.17, 15) is 0 Å². The smallest absolute Gasteiger partial charge is 0.00210 e. The van der Waals surface area contributed by atoms with Gasteiger partial charge in [-0.2, -0.15) is 0 Å². The average Bonchev–Trinajstić information content (AvgIpc) is 1.83. The molecule has 1 unspecified atom stereocenters. The Labute approximate surface area is 79.1 Å². The van der Waals surface area contributed by atoms with Crippen molar-refractivity contribution >= 4 is 45.2 Å². The molecule has 2 heteroatoms. The van der Waals surface area contributed by atoms with Crippen LogP contribution in [0.15, 0.2) is 0 Å². The zero-order valence-corrected chi connectivity index (χ0v) is 9.48. The summed E-state index contributed by atoms with van der Waals surface area (Å²) in [5, 5.41) is 0. The van der Waals surface area contributed by atoms with Crippen molar-refractivity contribution in [2.24, 2.45) is 5.92 Å². The third-order valence-corrected chi connectivity index (χ3v) is 3.36. The Morgan fingerprint density at radius 2 is 2.00 bits per heavy atom. The topological polar surface area (TPSA) is 0 Å². The Bertz CT molecular complexity index is 45.8. The lowest BCUT2D eigenvalue weighted by Crippen LogP contribution is -1.94. The molecule has 0 aromatic carbocycles. The number of alkyl halides is 2. The van der Waals surface area contributed by atoms with Gasteiger partial charge in [-0.1, -0.05) is 52.1 Å². The van der Waals surface area contributed by atoms with E-state index in [-0.39, 0.29) is 0 Å². The van der Waals surface area contributed by atoms with E-state index in [0.717, 1.165) is 5.92 Å². The van der Waals surface area contributed by atoms with E-state index < -0.39 is 0 Å². The van der Waals surface area contributed by atoms with Gasteiger partial charge < -0.3 is 0 Å². The van der Waals surface area contributed by atoms with Crippen LogP contribution in [-0.2, 0) is 0 Å². The maximum Gasteiger partial charge on any atom is 0.00210 e. The first-order valence-corrected chi connectivity index (χ1v) is 5.98. The van der Waals surface area contributed by atoms with Crippen LogP contribution < -0.4 is 0 Å². The molecule has 0 aromatic rings. The Hall–Kier alpha value is 1.46. The first-order valence-electron chi connectivity index (χ1n) is 2.93. The zero-order chi connectivity index (χ0) is 6.41. The molecule has 0 amide bonds. The molecule has 0 N–H and O–H groups in total. The van der Waals surface area contributed by atoms with Crippen molar-refractivity contribution in [3.63, 3.8) is 0 Å². The molecule has 0 aliphatic heterocycles. The highest BCUT2D eigenvalue weighted by molar-refractivity contribution is 14.1. The molecule has 0 aromatic heterocycles. The lowest BCUT2D eigenvalue weighted by molar-refractivity contribution is 0.598. The van der Waals surface area contributed by atoms with E-state index in [1.54, 1.807) is 0 Å². The summed E-state index contributed by atoms with van der Waals surface area (Å²) < 4.78 is 2.63. The van der Waals surface area contributed by atoms with Crippen LogP contribution in [0.4, 0.5) is 0 Å². The highest BCUT2D eigenvalue weighted by Crippen LogP contribution is 2.09. The maximum absolute atomic E-state index is 2.45.